The number of carboxylic acids is 1. The predicted molar refractivity (Wildman–Crippen MR) is 90.6 cm³/mol. The molecule has 0 radical (unpaired) electrons. The largest absolute Gasteiger partial charge is 0.480 e. The number of carboxylic acid groups (broad SMARTS) is 1. The second-order valence-corrected chi connectivity index (χ2v) is 6.25. The van der Waals surface area contributed by atoms with Gasteiger partial charge >= 0.3 is 5.97 Å². The van der Waals surface area contributed by atoms with Crippen molar-refractivity contribution in [2.24, 2.45) is 5.92 Å². The third-order valence-corrected chi connectivity index (χ3v) is 3.55. The van der Waals surface area contributed by atoms with E-state index in [4.69, 9.17) is 4.74 Å². The molecule has 1 atom stereocenters. The lowest BCUT2D eigenvalue weighted by atomic mass is 10.0. The fourth-order valence-corrected chi connectivity index (χ4v) is 2.38. The van der Waals surface area contributed by atoms with Crippen molar-refractivity contribution in [3.05, 3.63) is 59.7 Å². The summed E-state index contributed by atoms with van der Waals surface area (Å²) in [5, 5.41) is 12.2. The Morgan fingerprint density at radius 2 is 1.68 bits per heavy atom. The number of halogens is 2. The number of hydrogen-bond acceptors (Lipinski definition) is 3. The SMILES string of the molecule is CC(C)CC(NCc1ccc(Oc2cc(F)cc(F)c2)cc1)C(=O)O. The Kier molecular flexibility index (Phi) is 6.47. The van der Waals surface area contributed by atoms with E-state index in [0.717, 1.165) is 23.8 Å². The molecule has 4 nitrogen and oxygen atoms in total. The van der Waals surface area contributed by atoms with Gasteiger partial charge in [-0.2, -0.15) is 0 Å². The molecule has 0 fully saturated rings. The standard InChI is InChI=1S/C19H21F2NO3/c1-12(2)7-18(19(23)24)22-11-13-3-5-16(6-4-13)25-17-9-14(20)8-15(21)10-17/h3-6,8-10,12,18,22H,7,11H2,1-2H3,(H,23,24). The minimum atomic E-state index is -0.873. The normalized spacial score (nSPS) is 12.2. The van der Waals surface area contributed by atoms with Crippen molar-refractivity contribution in [1.29, 1.82) is 0 Å². The van der Waals surface area contributed by atoms with Crippen LogP contribution in [0.25, 0.3) is 0 Å². The fourth-order valence-electron chi connectivity index (χ4n) is 2.38. The monoisotopic (exact) mass is 349 g/mol. The zero-order valence-electron chi connectivity index (χ0n) is 14.1. The first kappa shape index (κ1) is 18.9. The zero-order chi connectivity index (χ0) is 18.4. The lowest BCUT2D eigenvalue weighted by Crippen LogP contribution is -2.37. The van der Waals surface area contributed by atoms with Crippen LogP contribution in [0.4, 0.5) is 8.78 Å². The molecule has 0 amide bonds. The Balaban J connectivity index is 1.96. The fraction of sp³-hybridized carbons (Fsp3) is 0.316. The summed E-state index contributed by atoms with van der Waals surface area (Å²) in [6.07, 6.45) is 0.543. The second-order valence-electron chi connectivity index (χ2n) is 6.25. The van der Waals surface area contributed by atoms with Crippen LogP contribution >= 0.6 is 0 Å². The molecule has 0 heterocycles. The van der Waals surface area contributed by atoms with Crippen molar-refractivity contribution in [2.75, 3.05) is 0 Å². The zero-order valence-corrected chi connectivity index (χ0v) is 14.1. The molecule has 0 aromatic heterocycles. The van der Waals surface area contributed by atoms with Crippen LogP contribution in [0.2, 0.25) is 0 Å². The Hall–Kier alpha value is -2.47. The molecule has 0 aliphatic carbocycles. The third kappa shape index (κ3) is 6.15. The Labute approximate surface area is 145 Å². The van der Waals surface area contributed by atoms with Gasteiger partial charge in [0.25, 0.3) is 0 Å². The van der Waals surface area contributed by atoms with E-state index in [1.165, 1.54) is 0 Å². The summed E-state index contributed by atoms with van der Waals surface area (Å²) in [6, 6.07) is 9.24. The summed E-state index contributed by atoms with van der Waals surface area (Å²) >= 11 is 0. The van der Waals surface area contributed by atoms with Crippen LogP contribution in [-0.2, 0) is 11.3 Å². The Bertz CT molecular complexity index is 697. The predicted octanol–water partition coefficient (Wildman–Crippen LogP) is 4.35. The van der Waals surface area contributed by atoms with Crippen molar-refractivity contribution < 1.29 is 23.4 Å². The maximum absolute atomic E-state index is 13.2. The molecule has 25 heavy (non-hydrogen) atoms. The van der Waals surface area contributed by atoms with Crippen LogP contribution in [0.15, 0.2) is 42.5 Å². The van der Waals surface area contributed by atoms with Gasteiger partial charge in [-0.3, -0.25) is 4.79 Å². The highest BCUT2D eigenvalue weighted by molar-refractivity contribution is 5.73. The molecular weight excluding hydrogens is 328 g/mol. The highest BCUT2D eigenvalue weighted by atomic mass is 19.1. The second kappa shape index (κ2) is 8.58. The highest BCUT2D eigenvalue weighted by Crippen LogP contribution is 2.23. The summed E-state index contributed by atoms with van der Waals surface area (Å²) in [7, 11) is 0. The van der Waals surface area contributed by atoms with Crippen LogP contribution in [0.5, 0.6) is 11.5 Å². The molecule has 6 heteroatoms. The van der Waals surface area contributed by atoms with Crippen molar-refractivity contribution in [3.63, 3.8) is 0 Å². The number of aliphatic carboxylic acids is 1. The molecule has 0 spiro atoms. The first-order valence-electron chi connectivity index (χ1n) is 8.02. The lowest BCUT2D eigenvalue weighted by molar-refractivity contribution is -0.140. The number of carbonyl (C=O) groups is 1. The van der Waals surface area contributed by atoms with Crippen molar-refractivity contribution >= 4 is 5.97 Å². The van der Waals surface area contributed by atoms with Gasteiger partial charge in [0.15, 0.2) is 0 Å². The first-order chi connectivity index (χ1) is 11.8. The van der Waals surface area contributed by atoms with Gasteiger partial charge in [-0.15, -0.1) is 0 Å². The molecule has 2 rings (SSSR count). The van der Waals surface area contributed by atoms with Gasteiger partial charge in [-0.05, 0) is 30.0 Å². The maximum Gasteiger partial charge on any atom is 0.320 e. The molecule has 2 aromatic rings. The summed E-state index contributed by atoms with van der Waals surface area (Å²) in [6.45, 7) is 4.34. The van der Waals surface area contributed by atoms with E-state index in [-0.39, 0.29) is 11.7 Å². The highest BCUT2D eigenvalue weighted by Gasteiger charge is 2.17. The summed E-state index contributed by atoms with van der Waals surface area (Å²) in [5.41, 5.74) is 0.882. The van der Waals surface area contributed by atoms with E-state index in [0.29, 0.717) is 18.7 Å². The third-order valence-electron chi connectivity index (χ3n) is 3.55. The van der Waals surface area contributed by atoms with Gasteiger partial charge in [-0.1, -0.05) is 26.0 Å². The van der Waals surface area contributed by atoms with E-state index in [1.807, 2.05) is 13.8 Å². The van der Waals surface area contributed by atoms with Gasteiger partial charge in [-0.25, -0.2) is 8.78 Å². The minimum absolute atomic E-state index is 0.0752. The van der Waals surface area contributed by atoms with Gasteiger partial charge in [0.1, 0.15) is 29.2 Å². The van der Waals surface area contributed by atoms with Gasteiger partial charge < -0.3 is 15.2 Å². The van der Waals surface area contributed by atoms with Crippen LogP contribution in [0.1, 0.15) is 25.8 Å². The van der Waals surface area contributed by atoms with E-state index in [9.17, 15) is 18.7 Å². The quantitative estimate of drug-likeness (QED) is 0.744. The minimum Gasteiger partial charge on any atom is -0.480 e. The van der Waals surface area contributed by atoms with Gasteiger partial charge in [0.05, 0.1) is 0 Å². The van der Waals surface area contributed by atoms with Crippen molar-refractivity contribution in [2.45, 2.75) is 32.9 Å². The molecule has 2 N–H and O–H groups in total. The molecule has 134 valence electrons. The average Bonchev–Trinajstić information content (AvgIpc) is 2.51. The van der Waals surface area contributed by atoms with E-state index < -0.39 is 23.6 Å². The summed E-state index contributed by atoms with van der Waals surface area (Å²) in [5.74, 6) is -1.50. The molecule has 0 saturated heterocycles. The van der Waals surface area contributed by atoms with Crippen molar-refractivity contribution in [3.8, 4) is 11.5 Å². The Morgan fingerprint density at radius 3 is 2.20 bits per heavy atom. The van der Waals surface area contributed by atoms with E-state index in [2.05, 4.69) is 5.32 Å². The van der Waals surface area contributed by atoms with Crippen LogP contribution < -0.4 is 10.1 Å². The smallest absolute Gasteiger partial charge is 0.320 e. The van der Waals surface area contributed by atoms with Crippen LogP contribution in [0.3, 0.4) is 0 Å². The van der Waals surface area contributed by atoms with Crippen molar-refractivity contribution in [1.82, 2.24) is 5.32 Å². The van der Waals surface area contributed by atoms with Crippen LogP contribution in [-0.4, -0.2) is 17.1 Å². The topological polar surface area (TPSA) is 58.6 Å². The Morgan fingerprint density at radius 1 is 1.08 bits per heavy atom. The molecule has 1 unspecified atom stereocenters. The van der Waals surface area contributed by atoms with Gasteiger partial charge in [0, 0.05) is 24.7 Å². The number of hydrogen-bond donors (Lipinski definition) is 2. The average molecular weight is 349 g/mol. The molecule has 0 bridgehead atoms. The molecule has 0 aliphatic heterocycles. The number of benzene rings is 2. The van der Waals surface area contributed by atoms with E-state index >= 15 is 0 Å². The first-order valence-corrected chi connectivity index (χ1v) is 8.02. The molecule has 2 aromatic carbocycles. The number of nitrogens with one attached hydrogen (secondary N) is 1. The summed E-state index contributed by atoms with van der Waals surface area (Å²) in [4.78, 5) is 11.2. The molecule has 0 saturated carbocycles. The maximum atomic E-state index is 13.2. The lowest BCUT2D eigenvalue weighted by Gasteiger charge is -2.16. The number of ether oxygens (including phenoxy) is 1. The van der Waals surface area contributed by atoms with Gasteiger partial charge in [0.2, 0.25) is 0 Å². The van der Waals surface area contributed by atoms with E-state index in [1.54, 1.807) is 24.3 Å². The molecule has 0 aliphatic rings. The van der Waals surface area contributed by atoms with Crippen LogP contribution in [0, 0.1) is 17.6 Å². The summed E-state index contributed by atoms with van der Waals surface area (Å²) < 4.78 is 31.7. The molecular formula is C19H21F2NO3. The number of rotatable bonds is 8.